The molecule has 66 valence electrons. The molecule has 1 aliphatic rings. The topological polar surface area (TPSA) is 3.24 Å². The molecule has 0 saturated carbocycles. The highest BCUT2D eigenvalue weighted by Gasteiger charge is 2.40. The van der Waals surface area contributed by atoms with Gasteiger partial charge in [0.1, 0.15) is 0 Å². The largest absolute Gasteiger partial charge is 0.298 e. The van der Waals surface area contributed by atoms with Gasteiger partial charge in [-0.1, -0.05) is 13.8 Å². The van der Waals surface area contributed by atoms with Crippen LogP contribution in [0.4, 0.5) is 8.78 Å². The summed E-state index contributed by atoms with van der Waals surface area (Å²) in [5, 5.41) is 0. The van der Waals surface area contributed by atoms with E-state index in [1.54, 1.807) is 11.8 Å². The Hall–Kier alpha value is -0.180. The highest BCUT2D eigenvalue weighted by atomic mass is 19.3. The monoisotopic (exact) mass is 163 g/mol. The Labute approximate surface area is 66.4 Å². The van der Waals surface area contributed by atoms with E-state index in [-0.39, 0.29) is 6.54 Å². The molecule has 0 aliphatic carbocycles. The Balaban J connectivity index is 2.52. The molecular formula is C8H15F2N. The molecule has 0 spiro atoms. The number of likely N-dealkylation sites (tertiary alicyclic amines) is 1. The van der Waals surface area contributed by atoms with Gasteiger partial charge in [0.25, 0.3) is 5.92 Å². The molecular weight excluding hydrogens is 148 g/mol. The van der Waals surface area contributed by atoms with Crippen LogP contribution < -0.4 is 0 Å². The molecule has 1 heterocycles. The molecule has 1 aliphatic heterocycles. The minimum atomic E-state index is -2.46. The molecule has 0 bridgehead atoms. The Morgan fingerprint density at radius 1 is 1.55 bits per heavy atom. The third-order valence-corrected chi connectivity index (χ3v) is 2.48. The van der Waals surface area contributed by atoms with Crippen LogP contribution in [0.5, 0.6) is 0 Å². The number of halogens is 2. The molecule has 1 atom stereocenters. The van der Waals surface area contributed by atoms with Crippen molar-refractivity contribution in [1.82, 2.24) is 4.90 Å². The second kappa shape index (κ2) is 3.05. The van der Waals surface area contributed by atoms with Gasteiger partial charge in [-0.2, -0.15) is 0 Å². The molecule has 0 N–H and O–H groups in total. The van der Waals surface area contributed by atoms with Crippen molar-refractivity contribution in [3.8, 4) is 0 Å². The van der Waals surface area contributed by atoms with Gasteiger partial charge >= 0.3 is 0 Å². The van der Waals surface area contributed by atoms with Gasteiger partial charge < -0.3 is 0 Å². The lowest BCUT2D eigenvalue weighted by Crippen LogP contribution is -2.47. The second-order valence-corrected chi connectivity index (χ2v) is 3.32. The van der Waals surface area contributed by atoms with Crippen molar-refractivity contribution in [3.05, 3.63) is 0 Å². The zero-order valence-electron chi connectivity index (χ0n) is 7.11. The van der Waals surface area contributed by atoms with Crippen LogP contribution in [0, 0.1) is 5.92 Å². The zero-order valence-corrected chi connectivity index (χ0v) is 7.11. The molecule has 3 heteroatoms. The fraction of sp³-hybridized carbons (Fsp3) is 1.00. The fourth-order valence-corrected chi connectivity index (χ4v) is 1.39. The fourth-order valence-electron chi connectivity index (χ4n) is 1.39. The predicted octanol–water partition coefficient (Wildman–Crippen LogP) is 1.98. The van der Waals surface area contributed by atoms with Gasteiger partial charge in [0.05, 0.1) is 6.54 Å². The number of piperidine rings is 1. The minimum absolute atomic E-state index is 0.0509. The van der Waals surface area contributed by atoms with E-state index in [0.717, 1.165) is 13.1 Å². The quantitative estimate of drug-likeness (QED) is 0.571. The SMILES string of the molecule is CCN1CC[C@H](C)C(F)(F)C1. The van der Waals surface area contributed by atoms with Crippen molar-refractivity contribution in [2.45, 2.75) is 26.2 Å². The Bertz CT molecular complexity index is 136. The van der Waals surface area contributed by atoms with Crippen molar-refractivity contribution in [1.29, 1.82) is 0 Å². The van der Waals surface area contributed by atoms with Gasteiger partial charge in [-0.3, -0.25) is 4.90 Å². The number of rotatable bonds is 1. The van der Waals surface area contributed by atoms with Crippen LogP contribution in [0.25, 0.3) is 0 Å². The first-order valence-corrected chi connectivity index (χ1v) is 4.16. The van der Waals surface area contributed by atoms with Gasteiger partial charge in [0.15, 0.2) is 0 Å². The molecule has 0 radical (unpaired) electrons. The lowest BCUT2D eigenvalue weighted by Gasteiger charge is -2.36. The lowest BCUT2D eigenvalue weighted by molar-refractivity contribution is -0.103. The number of alkyl halides is 2. The first-order chi connectivity index (χ1) is 5.06. The smallest absolute Gasteiger partial charge is 0.263 e. The lowest BCUT2D eigenvalue weighted by atomic mass is 9.95. The van der Waals surface area contributed by atoms with Gasteiger partial charge in [0.2, 0.25) is 0 Å². The molecule has 0 aromatic rings. The van der Waals surface area contributed by atoms with E-state index < -0.39 is 11.8 Å². The molecule has 1 nitrogen and oxygen atoms in total. The van der Waals surface area contributed by atoms with E-state index in [2.05, 4.69) is 0 Å². The number of nitrogens with zero attached hydrogens (tertiary/aromatic N) is 1. The van der Waals surface area contributed by atoms with Gasteiger partial charge in [-0.05, 0) is 19.5 Å². The minimum Gasteiger partial charge on any atom is -0.298 e. The van der Waals surface area contributed by atoms with Crippen LogP contribution in [0.15, 0.2) is 0 Å². The first kappa shape index (κ1) is 8.91. The summed E-state index contributed by atoms with van der Waals surface area (Å²) >= 11 is 0. The zero-order chi connectivity index (χ0) is 8.48. The van der Waals surface area contributed by atoms with E-state index in [1.165, 1.54) is 0 Å². The molecule has 0 aromatic heterocycles. The molecule has 0 aromatic carbocycles. The second-order valence-electron chi connectivity index (χ2n) is 3.32. The third kappa shape index (κ3) is 1.89. The standard InChI is InChI=1S/C8H15F2N/c1-3-11-5-4-7(2)8(9,10)6-11/h7H,3-6H2,1-2H3/t7-/m0/s1. The van der Waals surface area contributed by atoms with Crippen LogP contribution in [0.1, 0.15) is 20.3 Å². The highest BCUT2D eigenvalue weighted by molar-refractivity contribution is 4.83. The van der Waals surface area contributed by atoms with E-state index in [4.69, 9.17) is 0 Å². The third-order valence-electron chi connectivity index (χ3n) is 2.48. The summed E-state index contributed by atoms with van der Waals surface area (Å²) in [4.78, 5) is 1.81. The summed E-state index contributed by atoms with van der Waals surface area (Å²) in [6.45, 7) is 5.07. The van der Waals surface area contributed by atoms with Crippen LogP contribution in [-0.4, -0.2) is 30.5 Å². The Morgan fingerprint density at radius 3 is 2.64 bits per heavy atom. The summed E-state index contributed by atoms with van der Waals surface area (Å²) in [7, 11) is 0. The van der Waals surface area contributed by atoms with Crippen LogP contribution in [0.3, 0.4) is 0 Å². The van der Waals surface area contributed by atoms with Gasteiger partial charge in [0, 0.05) is 5.92 Å². The van der Waals surface area contributed by atoms with E-state index in [0.29, 0.717) is 6.42 Å². The van der Waals surface area contributed by atoms with Gasteiger partial charge in [-0.25, -0.2) is 8.78 Å². The average Bonchev–Trinajstić information content (AvgIpc) is 1.95. The van der Waals surface area contributed by atoms with E-state index >= 15 is 0 Å². The van der Waals surface area contributed by atoms with Crippen LogP contribution >= 0.6 is 0 Å². The maximum atomic E-state index is 13.0. The normalized spacial score (nSPS) is 32.2. The van der Waals surface area contributed by atoms with Gasteiger partial charge in [-0.15, -0.1) is 0 Å². The van der Waals surface area contributed by atoms with Crippen molar-refractivity contribution in [2.24, 2.45) is 5.92 Å². The Morgan fingerprint density at radius 2 is 2.18 bits per heavy atom. The van der Waals surface area contributed by atoms with Crippen LogP contribution in [0.2, 0.25) is 0 Å². The molecule has 1 fully saturated rings. The van der Waals surface area contributed by atoms with Crippen molar-refractivity contribution < 1.29 is 8.78 Å². The summed E-state index contributed by atoms with van der Waals surface area (Å²) in [6.07, 6.45) is 0.626. The number of hydrogen-bond acceptors (Lipinski definition) is 1. The summed E-state index contributed by atoms with van der Waals surface area (Å²) < 4.78 is 26.0. The highest BCUT2D eigenvalue weighted by Crippen LogP contribution is 2.31. The summed E-state index contributed by atoms with van der Waals surface area (Å²) in [5.41, 5.74) is 0. The molecule has 0 amide bonds. The maximum absolute atomic E-state index is 13.0. The molecule has 11 heavy (non-hydrogen) atoms. The van der Waals surface area contributed by atoms with Crippen LogP contribution in [-0.2, 0) is 0 Å². The average molecular weight is 163 g/mol. The van der Waals surface area contributed by atoms with E-state index in [9.17, 15) is 8.78 Å². The summed E-state index contributed by atoms with van der Waals surface area (Å²) in [6, 6.07) is 0. The molecule has 1 saturated heterocycles. The predicted molar refractivity (Wildman–Crippen MR) is 40.8 cm³/mol. The molecule has 1 rings (SSSR count). The summed E-state index contributed by atoms with van der Waals surface area (Å²) in [5.74, 6) is -2.90. The first-order valence-electron chi connectivity index (χ1n) is 4.16. The molecule has 0 unspecified atom stereocenters. The van der Waals surface area contributed by atoms with Crippen molar-refractivity contribution in [2.75, 3.05) is 19.6 Å². The van der Waals surface area contributed by atoms with E-state index in [1.807, 2.05) is 6.92 Å². The number of hydrogen-bond donors (Lipinski definition) is 0. The maximum Gasteiger partial charge on any atom is 0.263 e. The van der Waals surface area contributed by atoms with Crippen molar-refractivity contribution in [3.63, 3.8) is 0 Å². The van der Waals surface area contributed by atoms with Crippen molar-refractivity contribution >= 4 is 0 Å². The Kier molecular flexibility index (Phi) is 2.47.